The van der Waals surface area contributed by atoms with Gasteiger partial charge in [-0.15, -0.1) is 11.3 Å². The number of methoxy groups -OCH3 is 1. The van der Waals surface area contributed by atoms with Crippen molar-refractivity contribution >= 4 is 27.5 Å². The maximum atomic E-state index is 5.86. The predicted molar refractivity (Wildman–Crippen MR) is 79.6 cm³/mol. The van der Waals surface area contributed by atoms with Gasteiger partial charge in [-0.05, 0) is 25.1 Å². The monoisotopic (exact) mass is 287 g/mol. The number of hydrogen-bond donors (Lipinski definition) is 1. The number of benzene rings is 1. The summed E-state index contributed by atoms with van der Waals surface area (Å²) in [5, 5.41) is 0.854. The molecule has 2 N–H and O–H groups in total. The van der Waals surface area contributed by atoms with Gasteiger partial charge in [-0.25, -0.2) is 4.98 Å². The smallest absolute Gasteiger partial charge is 0.233 e. The molecule has 2 heterocycles. The molecular formula is C14H13N3O2S. The quantitative estimate of drug-likeness (QED) is 0.799. The first kappa shape index (κ1) is 12.7. The van der Waals surface area contributed by atoms with Crippen LogP contribution >= 0.6 is 11.3 Å². The van der Waals surface area contributed by atoms with Gasteiger partial charge in [-0.1, -0.05) is 12.1 Å². The third kappa shape index (κ3) is 2.25. The molecule has 0 radical (unpaired) electrons. The van der Waals surface area contributed by atoms with Crippen LogP contribution in [0.2, 0.25) is 0 Å². The summed E-state index contributed by atoms with van der Waals surface area (Å²) in [5.74, 6) is 1.88. The molecule has 0 fully saturated rings. The lowest BCUT2D eigenvalue weighted by Gasteiger charge is -2.09. The minimum absolute atomic E-state index is 0.198. The predicted octanol–water partition coefficient (Wildman–Crippen LogP) is 3.38. The van der Waals surface area contributed by atoms with Crippen LogP contribution in [-0.4, -0.2) is 17.1 Å². The summed E-state index contributed by atoms with van der Waals surface area (Å²) in [4.78, 5) is 10.3. The molecule has 1 aromatic carbocycles. The average Bonchev–Trinajstić information content (AvgIpc) is 2.79. The zero-order valence-corrected chi connectivity index (χ0v) is 11.9. The van der Waals surface area contributed by atoms with Crippen LogP contribution in [0.5, 0.6) is 17.4 Å². The van der Waals surface area contributed by atoms with Gasteiger partial charge in [-0.3, -0.25) is 0 Å². The van der Waals surface area contributed by atoms with E-state index in [-0.39, 0.29) is 5.95 Å². The van der Waals surface area contributed by atoms with Gasteiger partial charge in [0.05, 0.1) is 12.5 Å². The summed E-state index contributed by atoms with van der Waals surface area (Å²) in [6.07, 6.45) is 0. The summed E-state index contributed by atoms with van der Waals surface area (Å²) < 4.78 is 11.1. The normalized spacial score (nSPS) is 10.7. The maximum absolute atomic E-state index is 5.86. The van der Waals surface area contributed by atoms with E-state index in [0.717, 1.165) is 15.1 Å². The Labute approximate surface area is 120 Å². The first-order valence-electron chi connectivity index (χ1n) is 6.02. The van der Waals surface area contributed by atoms with E-state index < -0.39 is 0 Å². The number of aromatic nitrogens is 2. The number of nitrogens with two attached hydrogens (primary N) is 1. The zero-order chi connectivity index (χ0) is 14.1. The fourth-order valence-corrected chi connectivity index (χ4v) is 2.79. The standard InChI is InChI=1S/C14H13N3O2S/c1-8-7-9-12(16-14(15)17-13(9)20-8)19-11-6-4-3-5-10(11)18-2/h3-7H,1-2H3,(H2,15,16,17). The lowest BCUT2D eigenvalue weighted by molar-refractivity contribution is 0.376. The zero-order valence-electron chi connectivity index (χ0n) is 11.1. The fourth-order valence-electron chi connectivity index (χ4n) is 1.92. The van der Waals surface area contributed by atoms with Crippen molar-refractivity contribution in [3.8, 4) is 17.4 Å². The summed E-state index contributed by atoms with van der Waals surface area (Å²) in [6, 6.07) is 9.39. The van der Waals surface area contributed by atoms with Crippen LogP contribution in [0.15, 0.2) is 30.3 Å². The number of para-hydroxylation sites is 2. The number of nitrogen functional groups attached to an aromatic ring is 1. The van der Waals surface area contributed by atoms with Crippen LogP contribution in [0.3, 0.4) is 0 Å². The molecule has 0 amide bonds. The molecule has 0 atom stereocenters. The van der Waals surface area contributed by atoms with Crippen LogP contribution in [0, 0.1) is 6.92 Å². The minimum Gasteiger partial charge on any atom is -0.493 e. The molecule has 102 valence electrons. The molecule has 20 heavy (non-hydrogen) atoms. The van der Waals surface area contributed by atoms with Crippen molar-refractivity contribution in [3.63, 3.8) is 0 Å². The van der Waals surface area contributed by atoms with Crippen LogP contribution in [-0.2, 0) is 0 Å². The summed E-state index contributed by atoms with van der Waals surface area (Å²) in [5.41, 5.74) is 5.73. The molecule has 0 aliphatic carbocycles. The first-order chi connectivity index (χ1) is 9.67. The van der Waals surface area contributed by atoms with Crippen molar-refractivity contribution in [2.75, 3.05) is 12.8 Å². The number of thiophene rings is 1. The summed E-state index contributed by atoms with van der Waals surface area (Å²) >= 11 is 1.56. The highest BCUT2D eigenvalue weighted by atomic mass is 32.1. The summed E-state index contributed by atoms with van der Waals surface area (Å²) in [6.45, 7) is 2.01. The van der Waals surface area contributed by atoms with Gasteiger partial charge >= 0.3 is 0 Å². The highest BCUT2D eigenvalue weighted by Gasteiger charge is 2.13. The van der Waals surface area contributed by atoms with Crippen molar-refractivity contribution in [2.24, 2.45) is 0 Å². The van der Waals surface area contributed by atoms with Crippen LogP contribution in [0.4, 0.5) is 5.95 Å². The third-order valence-electron chi connectivity index (χ3n) is 2.77. The van der Waals surface area contributed by atoms with Crippen molar-refractivity contribution < 1.29 is 9.47 Å². The average molecular weight is 287 g/mol. The van der Waals surface area contributed by atoms with Gasteiger partial charge in [0.15, 0.2) is 11.5 Å². The number of aryl methyl sites for hydroxylation is 1. The number of fused-ring (bicyclic) bond motifs is 1. The fraction of sp³-hybridized carbons (Fsp3) is 0.143. The van der Waals surface area contributed by atoms with E-state index in [1.165, 1.54) is 0 Å². The molecule has 0 saturated heterocycles. The van der Waals surface area contributed by atoms with E-state index in [0.29, 0.717) is 17.4 Å². The van der Waals surface area contributed by atoms with Crippen molar-refractivity contribution in [1.29, 1.82) is 0 Å². The van der Waals surface area contributed by atoms with E-state index in [1.807, 2.05) is 37.3 Å². The Kier molecular flexibility index (Phi) is 3.15. The molecule has 0 bridgehead atoms. The van der Waals surface area contributed by atoms with Crippen LogP contribution in [0.1, 0.15) is 4.88 Å². The lowest BCUT2D eigenvalue weighted by atomic mass is 10.3. The lowest BCUT2D eigenvalue weighted by Crippen LogP contribution is -1.98. The van der Waals surface area contributed by atoms with E-state index in [4.69, 9.17) is 15.2 Å². The second-order valence-corrected chi connectivity index (χ2v) is 5.45. The molecule has 0 aliphatic rings. The Morgan fingerprint density at radius 3 is 2.65 bits per heavy atom. The van der Waals surface area contributed by atoms with E-state index >= 15 is 0 Å². The van der Waals surface area contributed by atoms with Crippen LogP contribution < -0.4 is 15.2 Å². The highest BCUT2D eigenvalue weighted by Crippen LogP contribution is 2.36. The Morgan fingerprint density at radius 1 is 1.15 bits per heavy atom. The van der Waals surface area contributed by atoms with Gasteiger partial charge in [0, 0.05) is 4.88 Å². The Balaban J connectivity index is 2.10. The van der Waals surface area contributed by atoms with Gasteiger partial charge in [0.1, 0.15) is 4.83 Å². The van der Waals surface area contributed by atoms with E-state index in [1.54, 1.807) is 18.4 Å². The Morgan fingerprint density at radius 2 is 1.90 bits per heavy atom. The van der Waals surface area contributed by atoms with Crippen molar-refractivity contribution in [1.82, 2.24) is 9.97 Å². The number of hydrogen-bond acceptors (Lipinski definition) is 6. The number of anilines is 1. The van der Waals surface area contributed by atoms with E-state index in [2.05, 4.69) is 9.97 Å². The Bertz CT molecular complexity index is 770. The molecular weight excluding hydrogens is 274 g/mol. The van der Waals surface area contributed by atoms with Gasteiger partial charge < -0.3 is 15.2 Å². The topological polar surface area (TPSA) is 70.3 Å². The highest BCUT2D eigenvalue weighted by molar-refractivity contribution is 7.18. The second kappa shape index (κ2) is 4.97. The largest absolute Gasteiger partial charge is 0.493 e. The molecule has 0 spiro atoms. The minimum atomic E-state index is 0.198. The molecule has 0 unspecified atom stereocenters. The van der Waals surface area contributed by atoms with Gasteiger partial charge in [0.25, 0.3) is 0 Å². The molecule has 5 nitrogen and oxygen atoms in total. The molecule has 6 heteroatoms. The number of rotatable bonds is 3. The van der Waals surface area contributed by atoms with E-state index in [9.17, 15) is 0 Å². The van der Waals surface area contributed by atoms with Crippen LogP contribution in [0.25, 0.3) is 10.2 Å². The van der Waals surface area contributed by atoms with Gasteiger partial charge in [0.2, 0.25) is 11.8 Å². The number of ether oxygens (including phenoxy) is 2. The van der Waals surface area contributed by atoms with Crippen molar-refractivity contribution in [2.45, 2.75) is 6.92 Å². The number of nitrogens with zero attached hydrogens (tertiary/aromatic N) is 2. The molecule has 3 aromatic rings. The molecule has 0 saturated carbocycles. The second-order valence-electron chi connectivity index (χ2n) is 4.22. The molecule has 3 rings (SSSR count). The summed E-state index contributed by atoms with van der Waals surface area (Å²) in [7, 11) is 1.60. The molecule has 2 aromatic heterocycles. The SMILES string of the molecule is COc1ccccc1Oc1nc(N)nc2sc(C)cc12. The third-order valence-corrected chi connectivity index (χ3v) is 3.72. The maximum Gasteiger partial charge on any atom is 0.233 e. The Hall–Kier alpha value is -2.34. The first-order valence-corrected chi connectivity index (χ1v) is 6.83. The van der Waals surface area contributed by atoms with Gasteiger partial charge in [-0.2, -0.15) is 4.98 Å². The molecule has 0 aliphatic heterocycles. The van der Waals surface area contributed by atoms with Crippen molar-refractivity contribution in [3.05, 3.63) is 35.2 Å².